The molecule has 2 heterocycles. The number of nitrogens with one attached hydrogen (secondary N) is 4. The first-order valence-corrected chi connectivity index (χ1v) is 23.1. The highest BCUT2D eigenvalue weighted by molar-refractivity contribution is 7.80. The van der Waals surface area contributed by atoms with Crippen molar-refractivity contribution in [1.29, 1.82) is 0 Å². The highest BCUT2D eigenvalue weighted by Crippen LogP contribution is 2.29. The molecule has 0 radical (unpaired) electrons. The summed E-state index contributed by atoms with van der Waals surface area (Å²) in [5.74, 6) is -9.14. The molecular formula is C40H62ClN9O15S. The zero-order valence-electron chi connectivity index (χ0n) is 37.5. The number of aliphatic hydroxyl groups is 2. The van der Waals surface area contributed by atoms with Gasteiger partial charge in [-0.25, -0.2) is 8.98 Å². The van der Waals surface area contributed by atoms with Crippen LogP contribution in [0.25, 0.3) is 0 Å². The van der Waals surface area contributed by atoms with Gasteiger partial charge in [-0.15, -0.1) is 0 Å². The van der Waals surface area contributed by atoms with Gasteiger partial charge in [0, 0.05) is 20.0 Å². The summed E-state index contributed by atoms with van der Waals surface area (Å²) < 4.78 is 41.1. The second-order valence-electron chi connectivity index (χ2n) is 16.4. The fourth-order valence-corrected chi connectivity index (χ4v) is 7.81. The highest BCUT2D eigenvalue weighted by atomic mass is 35.5. The monoisotopic (exact) mass is 975 g/mol. The van der Waals surface area contributed by atoms with E-state index in [-0.39, 0.29) is 61.8 Å². The molecule has 0 aliphatic carbocycles. The van der Waals surface area contributed by atoms with Crippen molar-refractivity contribution in [2.75, 3.05) is 20.2 Å². The average molecular weight is 977 g/mol. The van der Waals surface area contributed by atoms with Crippen molar-refractivity contribution in [1.82, 2.24) is 31.1 Å². The molecule has 11 atom stereocenters. The van der Waals surface area contributed by atoms with Gasteiger partial charge in [0.2, 0.25) is 29.5 Å². The van der Waals surface area contributed by atoms with Crippen LogP contribution in [0.15, 0.2) is 23.2 Å². The summed E-state index contributed by atoms with van der Waals surface area (Å²) in [7, 11) is -3.83. The number of esters is 1. The van der Waals surface area contributed by atoms with E-state index >= 15 is 0 Å². The van der Waals surface area contributed by atoms with Gasteiger partial charge in [0.15, 0.2) is 12.1 Å². The lowest BCUT2D eigenvalue weighted by Gasteiger charge is -2.44. The number of halogens is 1. The zero-order valence-corrected chi connectivity index (χ0v) is 39.1. The van der Waals surface area contributed by atoms with Gasteiger partial charge in [0.05, 0.1) is 5.02 Å². The third-order valence-corrected chi connectivity index (χ3v) is 12.3. The van der Waals surface area contributed by atoms with Crippen LogP contribution in [0.3, 0.4) is 0 Å². The number of cyclic esters (lactones) is 1. The number of likely N-dealkylation sites (N-methyl/N-ethyl adjacent to an activating group) is 1. The quantitative estimate of drug-likeness (QED) is 0.0297. The molecule has 2 aliphatic heterocycles. The topological polar surface area (TPSA) is 372 Å². The predicted molar refractivity (Wildman–Crippen MR) is 235 cm³/mol. The van der Waals surface area contributed by atoms with Crippen molar-refractivity contribution in [3.05, 3.63) is 28.8 Å². The van der Waals surface area contributed by atoms with E-state index < -0.39 is 125 Å². The summed E-state index contributed by atoms with van der Waals surface area (Å²) in [5.41, 5.74) is 11.3. The van der Waals surface area contributed by atoms with Crippen LogP contribution in [0.1, 0.15) is 78.7 Å². The fraction of sp³-hybridized carbons (Fsp3) is 0.650. The molecule has 2 bridgehead atoms. The maximum absolute atomic E-state index is 14.8. The number of ether oxygens (including phenoxy) is 1. The van der Waals surface area contributed by atoms with Gasteiger partial charge in [0.25, 0.3) is 5.91 Å². The van der Waals surface area contributed by atoms with E-state index in [0.717, 1.165) is 16.7 Å². The molecule has 26 heteroatoms. The summed E-state index contributed by atoms with van der Waals surface area (Å²) in [6.45, 7) is 6.53. The van der Waals surface area contributed by atoms with Gasteiger partial charge in [0.1, 0.15) is 60.9 Å². The number of aliphatic hydroxyl groups excluding tert-OH is 2. The fourth-order valence-electron chi connectivity index (χ4n) is 7.31. The van der Waals surface area contributed by atoms with Crippen LogP contribution in [0.4, 0.5) is 0 Å². The number of amides is 6. The van der Waals surface area contributed by atoms with Crippen LogP contribution in [0.5, 0.6) is 5.75 Å². The molecule has 1 aromatic carbocycles. The number of phenolic OH excluding ortho intramolecular Hbond substituents is 1. The molecule has 2 aliphatic rings. The molecule has 1 aromatic rings. The molecule has 2 saturated heterocycles. The molecule has 0 aromatic heterocycles. The number of aliphatic imine (C=N–C) groups is 1. The zero-order chi connectivity index (χ0) is 49.8. The summed E-state index contributed by atoms with van der Waals surface area (Å²) in [4.78, 5) is 105. The van der Waals surface area contributed by atoms with Crippen LogP contribution in [-0.4, -0.2) is 160 Å². The number of hydrogen-bond acceptors (Lipinski definition) is 15. The molecule has 2 fully saturated rings. The molecule has 24 nitrogen and oxygen atoms in total. The maximum Gasteiger partial charge on any atom is 0.397 e. The molecular weight excluding hydrogens is 914 g/mol. The lowest BCUT2D eigenvalue weighted by molar-refractivity contribution is -0.168. The number of carbonyl (C=O) groups is 7. The number of benzene rings is 1. The second kappa shape index (κ2) is 24.4. The number of nitrogens with two attached hydrogens (primary N) is 2. The van der Waals surface area contributed by atoms with E-state index in [1.807, 2.05) is 0 Å². The molecule has 0 saturated carbocycles. The van der Waals surface area contributed by atoms with Crippen molar-refractivity contribution in [3.8, 4) is 5.75 Å². The number of piperidine rings is 1. The van der Waals surface area contributed by atoms with E-state index in [4.69, 9.17) is 32.4 Å². The molecule has 66 heavy (non-hydrogen) atoms. The van der Waals surface area contributed by atoms with E-state index in [2.05, 4.69) is 30.4 Å². The molecule has 3 rings (SSSR count). The van der Waals surface area contributed by atoms with E-state index in [1.54, 1.807) is 27.7 Å². The van der Waals surface area contributed by atoms with Gasteiger partial charge < -0.3 is 62.6 Å². The Balaban J connectivity index is 2.26. The number of nitrogens with zero attached hydrogens (tertiary/aromatic N) is 3. The summed E-state index contributed by atoms with van der Waals surface area (Å²) in [5, 5.41) is 41.7. The van der Waals surface area contributed by atoms with Gasteiger partial charge >= 0.3 is 16.4 Å². The van der Waals surface area contributed by atoms with Crippen molar-refractivity contribution < 1.29 is 70.8 Å². The third-order valence-electron chi connectivity index (χ3n) is 11.6. The average Bonchev–Trinajstić information content (AvgIpc) is 3.25. The number of phenols is 1. The van der Waals surface area contributed by atoms with E-state index in [9.17, 15) is 57.3 Å². The Morgan fingerprint density at radius 1 is 1.02 bits per heavy atom. The minimum atomic E-state index is -5.14. The number of hydrogen-bond donors (Lipinski definition) is 10. The molecule has 370 valence electrons. The lowest BCUT2D eigenvalue weighted by Crippen LogP contribution is -2.66. The van der Waals surface area contributed by atoms with E-state index in [1.165, 1.54) is 25.2 Å². The first kappa shape index (κ1) is 55.0. The standard InChI is InChI=1S/C40H62ClN9O15S/c1-7-19(3)30-39(60)65-21(5)31(48-35(56)28(52)18-64-66(61,62)63)36(57)45-24(10-9-15-44-40(42)43)33(54)46-25-12-14-29(53)50(37(25)58)32(20(4)8-2)38(59)49(6)26(34(55)47-30)17-22-11-13-27(51)23(41)16-22/h11,13,16,19-21,24-26,28-32,51-53H,7-10,12,14-15,17-18H2,1-6H3,(H,45,57)(H,46,54)(H,47,55)(H,48,56)(H4,42,43,44)(H,61,62,63)/t19-,20-,21+,24-,25-,26?,28-,29+,30-,31?,32-/m0/s1. The summed E-state index contributed by atoms with van der Waals surface area (Å²) >= 11 is 6.22. The number of fused-ring (bicyclic) bond motifs is 2. The second-order valence-corrected chi connectivity index (χ2v) is 17.9. The minimum absolute atomic E-state index is 0.0336. The minimum Gasteiger partial charge on any atom is -0.506 e. The van der Waals surface area contributed by atoms with E-state index in [0.29, 0.717) is 12.0 Å². The number of rotatable bonds is 15. The first-order chi connectivity index (χ1) is 30.8. The number of carbonyl (C=O) groups excluding carboxylic acids is 7. The SMILES string of the molecule is CC[C@H](C)[C@@H]1NC(=O)C(Cc2ccc(O)c(Cl)c2)N(C)C(=O)[C@H]([C@@H](C)CC)N2C(=O)[C@H](CC[C@H]2O)NC(=O)[C@H](CCCN=C(N)N)NC(=O)C(NC(=O)[C@@H](O)COS(=O)(=O)O)[C@@H](C)OC1=O. The van der Waals surface area contributed by atoms with Crippen molar-refractivity contribution in [2.24, 2.45) is 28.3 Å². The number of aromatic hydroxyl groups is 1. The van der Waals surface area contributed by atoms with Crippen molar-refractivity contribution in [2.45, 2.75) is 134 Å². The van der Waals surface area contributed by atoms with Crippen LogP contribution in [-0.2, 0) is 59.3 Å². The Kier molecular flexibility index (Phi) is 20.4. The molecule has 2 unspecified atom stereocenters. The van der Waals surface area contributed by atoms with Crippen LogP contribution >= 0.6 is 11.6 Å². The Hall–Kier alpha value is -5.34. The van der Waals surface area contributed by atoms with Crippen molar-refractivity contribution >= 4 is 69.4 Å². The molecule has 6 amide bonds. The maximum atomic E-state index is 14.8. The van der Waals surface area contributed by atoms with Crippen LogP contribution in [0.2, 0.25) is 5.02 Å². The van der Waals surface area contributed by atoms with Crippen LogP contribution < -0.4 is 32.7 Å². The van der Waals surface area contributed by atoms with Gasteiger partial charge in [-0.05, 0) is 62.1 Å². The summed E-state index contributed by atoms with van der Waals surface area (Å²) in [6, 6.07) is -5.13. The molecule has 0 spiro atoms. The van der Waals surface area contributed by atoms with Gasteiger partial charge in [-0.1, -0.05) is 58.2 Å². The van der Waals surface area contributed by atoms with Gasteiger partial charge in [-0.3, -0.25) is 38.3 Å². The Labute approximate surface area is 387 Å². The summed E-state index contributed by atoms with van der Waals surface area (Å²) in [6.07, 6.45) is -5.62. The Morgan fingerprint density at radius 2 is 1.67 bits per heavy atom. The smallest absolute Gasteiger partial charge is 0.397 e. The predicted octanol–water partition coefficient (Wildman–Crippen LogP) is -2.06. The third kappa shape index (κ3) is 15.1. The highest BCUT2D eigenvalue weighted by Gasteiger charge is 2.47. The lowest BCUT2D eigenvalue weighted by atomic mass is 9.91. The molecule has 12 N–H and O–H groups in total. The Bertz CT molecular complexity index is 2080. The normalized spacial score (nSPS) is 26.6. The Morgan fingerprint density at radius 3 is 2.26 bits per heavy atom. The first-order valence-electron chi connectivity index (χ1n) is 21.3. The largest absolute Gasteiger partial charge is 0.506 e. The van der Waals surface area contributed by atoms with Gasteiger partial charge in [-0.2, -0.15) is 8.42 Å². The van der Waals surface area contributed by atoms with Crippen LogP contribution in [0, 0.1) is 11.8 Å². The van der Waals surface area contributed by atoms with Crippen molar-refractivity contribution in [3.63, 3.8) is 0 Å². The number of guanidine groups is 1.